The van der Waals surface area contributed by atoms with Crippen LogP contribution in [0.4, 0.5) is 11.4 Å². The predicted molar refractivity (Wildman–Crippen MR) is 100.0 cm³/mol. The molecule has 3 rings (SSSR count). The lowest BCUT2D eigenvalue weighted by molar-refractivity contribution is -0.384. The summed E-state index contributed by atoms with van der Waals surface area (Å²) in [6.45, 7) is 0. The van der Waals surface area contributed by atoms with Crippen LogP contribution in [0.5, 0.6) is 0 Å². The minimum Gasteiger partial charge on any atom is -0.375 e. The maximum Gasteiger partial charge on any atom is 0.311 e. The fourth-order valence-corrected chi connectivity index (χ4v) is 4.98. The van der Waals surface area contributed by atoms with Crippen molar-refractivity contribution in [2.75, 3.05) is 17.3 Å². The van der Waals surface area contributed by atoms with E-state index in [-0.39, 0.29) is 17.5 Å². The van der Waals surface area contributed by atoms with Gasteiger partial charge in [0.1, 0.15) is 21.7 Å². The second-order valence-electron chi connectivity index (χ2n) is 6.69. The van der Waals surface area contributed by atoms with Gasteiger partial charge in [0.05, 0.1) is 20.9 Å². The molecule has 1 aliphatic rings. The summed E-state index contributed by atoms with van der Waals surface area (Å²) in [7, 11) is -2.91. The first-order valence-corrected chi connectivity index (χ1v) is 11.2. The molecule has 0 aromatic carbocycles. The fraction of sp³-hybridized carbons (Fsp3) is 0.562. The van der Waals surface area contributed by atoms with Gasteiger partial charge in [0.25, 0.3) is 0 Å². The van der Waals surface area contributed by atoms with Crippen molar-refractivity contribution in [1.82, 2.24) is 4.98 Å². The highest BCUT2D eigenvalue weighted by Gasteiger charge is 2.26. The SMILES string of the molecule is CS(=O)(=O)CCC1CCC(Nc2c([N+](=O)[O-])cnc3ccsc23)CC1. The van der Waals surface area contributed by atoms with Crippen molar-refractivity contribution < 1.29 is 13.3 Å². The largest absolute Gasteiger partial charge is 0.375 e. The van der Waals surface area contributed by atoms with Gasteiger partial charge < -0.3 is 5.32 Å². The monoisotopic (exact) mass is 383 g/mol. The first-order valence-electron chi connectivity index (χ1n) is 8.28. The van der Waals surface area contributed by atoms with Crippen molar-refractivity contribution in [3.63, 3.8) is 0 Å². The number of hydrogen-bond donors (Lipinski definition) is 1. The van der Waals surface area contributed by atoms with Crippen LogP contribution in [0.1, 0.15) is 32.1 Å². The van der Waals surface area contributed by atoms with E-state index in [1.165, 1.54) is 23.8 Å². The molecule has 7 nitrogen and oxygen atoms in total. The number of rotatable bonds is 6. The van der Waals surface area contributed by atoms with Crippen LogP contribution in [-0.4, -0.2) is 36.4 Å². The number of thiophene rings is 1. The molecule has 1 saturated carbocycles. The summed E-state index contributed by atoms with van der Waals surface area (Å²) in [5.74, 6) is 0.656. The van der Waals surface area contributed by atoms with E-state index < -0.39 is 14.8 Å². The van der Waals surface area contributed by atoms with E-state index in [4.69, 9.17) is 0 Å². The van der Waals surface area contributed by atoms with Gasteiger partial charge in [-0.25, -0.2) is 13.4 Å². The van der Waals surface area contributed by atoms with Gasteiger partial charge in [-0.05, 0) is 49.5 Å². The number of aromatic nitrogens is 1. The molecule has 2 heterocycles. The van der Waals surface area contributed by atoms with Crippen molar-refractivity contribution in [2.24, 2.45) is 5.92 Å². The molecule has 1 aliphatic carbocycles. The number of pyridine rings is 1. The van der Waals surface area contributed by atoms with Gasteiger partial charge in [0.15, 0.2) is 0 Å². The molecule has 1 fully saturated rings. The first kappa shape index (κ1) is 18.1. The fourth-order valence-electron chi connectivity index (χ4n) is 3.36. The van der Waals surface area contributed by atoms with Crippen molar-refractivity contribution in [3.05, 3.63) is 27.8 Å². The molecule has 2 aromatic heterocycles. The summed E-state index contributed by atoms with van der Waals surface area (Å²) < 4.78 is 23.4. The number of nitro groups is 1. The minimum atomic E-state index is -2.91. The third kappa shape index (κ3) is 4.46. The third-order valence-electron chi connectivity index (χ3n) is 4.74. The molecule has 0 radical (unpaired) electrons. The second-order valence-corrected chi connectivity index (χ2v) is 9.87. The van der Waals surface area contributed by atoms with Gasteiger partial charge in [-0.1, -0.05) is 0 Å². The van der Waals surface area contributed by atoms with Crippen LogP contribution in [0.3, 0.4) is 0 Å². The Morgan fingerprint density at radius 1 is 1.36 bits per heavy atom. The molecular formula is C16H21N3O4S2. The maximum atomic E-state index is 11.3. The van der Waals surface area contributed by atoms with Crippen molar-refractivity contribution in [3.8, 4) is 0 Å². The molecule has 0 atom stereocenters. The lowest BCUT2D eigenvalue weighted by Gasteiger charge is -2.29. The van der Waals surface area contributed by atoms with Crippen molar-refractivity contribution in [1.29, 1.82) is 0 Å². The Bertz CT molecular complexity index is 871. The Morgan fingerprint density at radius 3 is 2.72 bits per heavy atom. The zero-order valence-corrected chi connectivity index (χ0v) is 15.6. The Kier molecular flexibility index (Phi) is 5.24. The van der Waals surface area contributed by atoms with Gasteiger partial charge in [-0.15, -0.1) is 11.3 Å². The molecule has 0 aliphatic heterocycles. The summed E-state index contributed by atoms with van der Waals surface area (Å²) in [6, 6.07) is 2.03. The van der Waals surface area contributed by atoms with E-state index in [0.29, 0.717) is 18.0 Å². The van der Waals surface area contributed by atoms with Gasteiger partial charge >= 0.3 is 5.69 Å². The quantitative estimate of drug-likeness (QED) is 0.604. The summed E-state index contributed by atoms with van der Waals surface area (Å²) in [4.78, 5) is 15.1. The van der Waals surface area contributed by atoms with Gasteiger partial charge in [0.2, 0.25) is 0 Å². The smallest absolute Gasteiger partial charge is 0.311 e. The zero-order chi connectivity index (χ0) is 18.0. The van der Waals surface area contributed by atoms with E-state index in [2.05, 4.69) is 10.3 Å². The summed E-state index contributed by atoms with van der Waals surface area (Å²) in [5.41, 5.74) is 1.33. The Balaban J connectivity index is 1.68. The lowest BCUT2D eigenvalue weighted by Crippen LogP contribution is -2.27. The van der Waals surface area contributed by atoms with Crippen LogP contribution in [0.15, 0.2) is 17.6 Å². The molecule has 0 amide bonds. The van der Waals surface area contributed by atoms with Crippen LogP contribution in [0.2, 0.25) is 0 Å². The number of fused-ring (bicyclic) bond motifs is 1. The molecule has 2 aromatic rings. The standard InChI is InChI=1S/C16H21N3O4S2/c1-25(22,23)9-7-11-2-4-12(5-3-11)18-15-14(19(20)21)10-17-13-6-8-24-16(13)15/h6,8,10-12H,2-5,7,9H2,1H3,(H,17,18). The summed E-state index contributed by atoms with van der Waals surface area (Å²) in [6.07, 6.45) is 6.96. The zero-order valence-electron chi connectivity index (χ0n) is 14.0. The number of hydrogen-bond acceptors (Lipinski definition) is 7. The van der Waals surface area contributed by atoms with E-state index in [0.717, 1.165) is 35.9 Å². The van der Waals surface area contributed by atoms with Crippen molar-refractivity contribution in [2.45, 2.75) is 38.1 Å². The average molecular weight is 383 g/mol. The highest BCUT2D eigenvalue weighted by atomic mass is 32.2. The summed E-state index contributed by atoms with van der Waals surface area (Å²) in [5, 5.41) is 16.6. The average Bonchev–Trinajstić information content (AvgIpc) is 3.02. The topological polar surface area (TPSA) is 102 Å². The molecule has 9 heteroatoms. The maximum absolute atomic E-state index is 11.3. The van der Waals surface area contributed by atoms with Crippen LogP contribution >= 0.6 is 11.3 Å². The van der Waals surface area contributed by atoms with Crippen LogP contribution in [0, 0.1) is 16.0 Å². The minimum absolute atomic E-state index is 0.00847. The second kappa shape index (κ2) is 7.25. The van der Waals surface area contributed by atoms with Crippen molar-refractivity contribution >= 4 is 42.8 Å². The highest BCUT2D eigenvalue weighted by molar-refractivity contribution is 7.90. The first-order chi connectivity index (χ1) is 11.8. The Hall–Kier alpha value is -1.74. The van der Waals surface area contributed by atoms with Gasteiger partial charge in [0, 0.05) is 12.3 Å². The predicted octanol–water partition coefficient (Wildman–Crippen LogP) is 3.61. The summed E-state index contributed by atoms with van der Waals surface area (Å²) >= 11 is 1.45. The van der Waals surface area contributed by atoms with Crippen LogP contribution in [-0.2, 0) is 9.84 Å². The number of nitrogens with one attached hydrogen (secondary N) is 1. The van der Waals surface area contributed by atoms with Crippen LogP contribution < -0.4 is 5.32 Å². The van der Waals surface area contributed by atoms with E-state index in [9.17, 15) is 18.5 Å². The normalized spacial score (nSPS) is 21.3. The third-order valence-corrected chi connectivity index (χ3v) is 6.64. The molecule has 25 heavy (non-hydrogen) atoms. The molecule has 0 spiro atoms. The van der Waals surface area contributed by atoms with E-state index in [1.807, 2.05) is 11.4 Å². The lowest BCUT2D eigenvalue weighted by atomic mass is 9.84. The van der Waals surface area contributed by atoms with Crippen LogP contribution in [0.25, 0.3) is 10.2 Å². The Morgan fingerprint density at radius 2 is 2.08 bits per heavy atom. The number of sulfone groups is 1. The molecule has 0 saturated heterocycles. The Labute approximate surface area is 150 Å². The molecule has 0 unspecified atom stereocenters. The molecular weight excluding hydrogens is 362 g/mol. The van der Waals surface area contributed by atoms with Gasteiger partial charge in [-0.2, -0.15) is 0 Å². The molecule has 1 N–H and O–H groups in total. The highest BCUT2D eigenvalue weighted by Crippen LogP contribution is 2.37. The van der Waals surface area contributed by atoms with Gasteiger partial charge in [-0.3, -0.25) is 10.1 Å². The molecule has 136 valence electrons. The number of anilines is 1. The van der Waals surface area contributed by atoms with E-state index >= 15 is 0 Å². The number of nitrogens with zero attached hydrogens (tertiary/aromatic N) is 2. The molecule has 0 bridgehead atoms. The van der Waals surface area contributed by atoms with E-state index in [1.54, 1.807) is 0 Å².